The molecule has 1 saturated heterocycles. The van der Waals surface area contributed by atoms with Crippen molar-refractivity contribution in [2.75, 3.05) is 20.2 Å². The number of hydrogen-bond acceptors (Lipinski definition) is 5. The highest BCUT2D eigenvalue weighted by atomic mass is 16.6. The van der Waals surface area contributed by atoms with E-state index in [1.165, 1.54) is 13.2 Å². The zero-order valence-corrected chi connectivity index (χ0v) is 15.1. The maximum atomic E-state index is 12.7. The molecule has 0 unspecified atom stereocenters. The molecule has 142 valence electrons. The Labute approximate surface area is 152 Å². The third-order valence-corrected chi connectivity index (χ3v) is 5.03. The molecule has 0 radical (unpaired) electrons. The number of nitrogens with zero attached hydrogens (tertiary/aromatic N) is 1. The SMILES string of the molecule is CCNC(=O)[C@@H]1C[C@H](NC(=O)c2ccc(OC)o2)CN1C(=O)C1CCC1. The number of nitrogens with one attached hydrogen (secondary N) is 2. The highest BCUT2D eigenvalue weighted by Gasteiger charge is 2.43. The lowest BCUT2D eigenvalue weighted by atomic mass is 9.84. The molecule has 1 aliphatic carbocycles. The maximum absolute atomic E-state index is 12.7. The van der Waals surface area contributed by atoms with Crippen molar-refractivity contribution in [2.45, 2.75) is 44.7 Å². The first-order chi connectivity index (χ1) is 12.5. The minimum atomic E-state index is -0.542. The van der Waals surface area contributed by atoms with Gasteiger partial charge in [0, 0.05) is 31.1 Å². The van der Waals surface area contributed by atoms with E-state index in [1.54, 1.807) is 11.0 Å². The van der Waals surface area contributed by atoms with Gasteiger partial charge in [0.25, 0.3) is 11.9 Å². The number of likely N-dealkylation sites (tertiary alicyclic amines) is 1. The van der Waals surface area contributed by atoms with Crippen LogP contribution in [-0.2, 0) is 9.59 Å². The highest BCUT2D eigenvalue weighted by molar-refractivity contribution is 5.93. The van der Waals surface area contributed by atoms with Crippen LogP contribution in [0.1, 0.15) is 43.2 Å². The molecule has 2 fully saturated rings. The van der Waals surface area contributed by atoms with Gasteiger partial charge < -0.3 is 24.7 Å². The van der Waals surface area contributed by atoms with Crippen LogP contribution in [0.4, 0.5) is 0 Å². The molecule has 8 nitrogen and oxygen atoms in total. The summed E-state index contributed by atoms with van der Waals surface area (Å²) in [6.45, 7) is 2.68. The molecule has 2 aliphatic rings. The molecule has 2 atom stereocenters. The van der Waals surface area contributed by atoms with Crippen LogP contribution in [0.15, 0.2) is 16.5 Å². The molecule has 0 bridgehead atoms. The quantitative estimate of drug-likeness (QED) is 0.783. The van der Waals surface area contributed by atoms with Gasteiger partial charge in [-0.3, -0.25) is 14.4 Å². The number of carbonyl (C=O) groups excluding carboxylic acids is 3. The van der Waals surface area contributed by atoms with Crippen molar-refractivity contribution < 1.29 is 23.5 Å². The zero-order chi connectivity index (χ0) is 18.7. The van der Waals surface area contributed by atoms with Gasteiger partial charge in [0.15, 0.2) is 5.76 Å². The Morgan fingerprint density at radius 2 is 2.08 bits per heavy atom. The maximum Gasteiger partial charge on any atom is 0.287 e. The molecular weight excluding hydrogens is 338 g/mol. The summed E-state index contributed by atoms with van der Waals surface area (Å²) in [5.74, 6) is -0.133. The van der Waals surface area contributed by atoms with Gasteiger partial charge in [-0.15, -0.1) is 0 Å². The van der Waals surface area contributed by atoms with E-state index in [2.05, 4.69) is 10.6 Å². The second-order valence-corrected chi connectivity index (χ2v) is 6.76. The molecule has 8 heteroatoms. The normalized spacial score (nSPS) is 22.6. The Kier molecular flexibility index (Phi) is 5.49. The van der Waals surface area contributed by atoms with E-state index in [-0.39, 0.29) is 41.4 Å². The molecule has 3 rings (SSSR count). The molecule has 1 aromatic rings. The summed E-state index contributed by atoms with van der Waals surface area (Å²) in [6, 6.07) is 2.25. The molecule has 2 N–H and O–H groups in total. The smallest absolute Gasteiger partial charge is 0.287 e. The largest absolute Gasteiger partial charge is 0.468 e. The lowest BCUT2D eigenvalue weighted by molar-refractivity contribution is -0.143. The van der Waals surface area contributed by atoms with Gasteiger partial charge in [0.2, 0.25) is 11.8 Å². The molecule has 26 heavy (non-hydrogen) atoms. The summed E-state index contributed by atoms with van der Waals surface area (Å²) in [7, 11) is 1.46. The molecule has 1 saturated carbocycles. The number of amides is 3. The van der Waals surface area contributed by atoms with E-state index in [0.29, 0.717) is 19.5 Å². The summed E-state index contributed by atoms with van der Waals surface area (Å²) in [5, 5.41) is 5.64. The van der Waals surface area contributed by atoms with E-state index in [4.69, 9.17) is 9.15 Å². The van der Waals surface area contributed by atoms with E-state index in [9.17, 15) is 14.4 Å². The molecule has 0 aromatic carbocycles. The van der Waals surface area contributed by atoms with Gasteiger partial charge in [-0.1, -0.05) is 6.42 Å². The van der Waals surface area contributed by atoms with E-state index >= 15 is 0 Å². The van der Waals surface area contributed by atoms with Gasteiger partial charge in [0.1, 0.15) is 6.04 Å². The first-order valence-corrected chi connectivity index (χ1v) is 9.06. The number of ether oxygens (including phenoxy) is 1. The Hall–Kier alpha value is -2.51. The monoisotopic (exact) mass is 363 g/mol. The average molecular weight is 363 g/mol. The summed E-state index contributed by atoms with van der Waals surface area (Å²) in [5.41, 5.74) is 0. The Bertz CT molecular complexity index is 682. The third kappa shape index (κ3) is 3.68. The molecule has 3 amide bonds. The third-order valence-electron chi connectivity index (χ3n) is 5.03. The number of rotatable bonds is 6. The predicted octanol–water partition coefficient (Wildman–Crippen LogP) is 0.924. The number of methoxy groups -OCH3 is 1. The summed E-state index contributed by atoms with van der Waals surface area (Å²) in [4.78, 5) is 39.0. The number of carbonyl (C=O) groups is 3. The van der Waals surface area contributed by atoms with Crippen LogP contribution in [0.25, 0.3) is 0 Å². The summed E-state index contributed by atoms with van der Waals surface area (Å²) in [6.07, 6.45) is 3.20. The Balaban J connectivity index is 1.67. The fourth-order valence-corrected chi connectivity index (χ4v) is 3.42. The van der Waals surface area contributed by atoms with Gasteiger partial charge in [-0.2, -0.15) is 0 Å². The lowest BCUT2D eigenvalue weighted by Crippen LogP contribution is -2.49. The lowest BCUT2D eigenvalue weighted by Gasteiger charge is -2.32. The summed E-state index contributed by atoms with van der Waals surface area (Å²) >= 11 is 0. The van der Waals surface area contributed by atoms with E-state index < -0.39 is 6.04 Å². The second-order valence-electron chi connectivity index (χ2n) is 6.76. The van der Waals surface area contributed by atoms with Crippen LogP contribution in [0.5, 0.6) is 5.95 Å². The number of likely N-dealkylation sites (N-methyl/N-ethyl adjacent to an activating group) is 1. The molecular formula is C18H25N3O5. The highest BCUT2D eigenvalue weighted by Crippen LogP contribution is 2.31. The van der Waals surface area contributed by atoms with Crippen LogP contribution in [0, 0.1) is 5.92 Å². The molecule has 2 heterocycles. The van der Waals surface area contributed by atoms with Crippen LogP contribution >= 0.6 is 0 Å². The van der Waals surface area contributed by atoms with Crippen molar-refractivity contribution in [2.24, 2.45) is 5.92 Å². The van der Waals surface area contributed by atoms with Crippen molar-refractivity contribution in [1.29, 1.82) is 0 Å². The summed E-state index contributed by atoms with van der Waals surface area (Å²) < 4.78 is 10.2. The molecule has 1 aromatic heterocycles. The minimum absolute atomic E-state index is 0.00992. The van der Waals surface area contributed by atoms with Gasteiger partial charge in [0.05, 0.1) is 7.11 Å². The van der Waals surface area contributed by atoms with Crippen molar-refractivity contribution >= 4 is 17.7 Å². The topological polar surface area (TPSA) is 101 Å². The Morgan fingerprint density at radius 1 is 1.31 bits per heavy atom. The average Bonchev–Trinajstić information content (AvgIpc) is 3.20. The minimum Gasteiger partial charge on any atom is -0.468 e. The number of furan rings is 1. The van der Waals surface area contributed by atoms with Crippen LogP contribution < -0.4 is 15.4 Å². The molecule has 1 aliphatic heterocycles. The zero-order valence-electron chi connectivity index (χ0n) is 15.1. The van der Waals surface area contributed by atoms with Crippen LogP contribution in [0.2, 0.25) is 0 Å². The fourth-order valence-electron chi connectivity index (χ4n) is 3.42. The molecule has 0 spiro atoms. The van der Waals surface area contributed by atoms with Crippen molar-refractivity contribution in [3.05, 3.63) is 17.9 Å². The fraction of sp³-hybridized carbons (Fsp3) is 0.611. The van der Waals surface area contributed by atoms with Gasteiger partial charge in [-0.05, 0) is 32.3 Å². The second kappa shape index (κ2) is 7.80. The first-order valence-electron chi connectivity index (χ1n) is 9.06. The van der Waals surface area contributed by atoms with Crippen molar-refractivity contribution in [3.63, 3.8) is 0 Å². The Morgan fingerprint density at radius 3 is 2.65 bits per heavy atom. The van der Waals surface area contributed by atoms with E-state index in [0.717, 1.165) is 19.3 Å². The standard InChI is InChI=1S/C18H25N3O5/c1-3-19-16(22)13-9-12(10-21(13)18(24)11-5-4-6-11)20-17(23)14-7-8-15(25-2)26-14/h7-8,11-13H,3-6,9-10H2,1-2H3,(H,19,22)(H,20,23)/t12-,13-/m0/s1. The van der Waals surface area contributed by atoms with E-state index in [1.807, 2.05) is 6.92 Å². The van der Waals surface area contributed by atoms with Crippen molar-refractivity contribution in [3.8, 4) is 5.95 Å². The van der Waals surface area contributed by atoms with Crippen LogP contribution in [-0.4, -0.2) is 54.9 Å². The van der Waals surface area contributed by atoms with Gasteiger partial charge >= 0.3 is 0 Å². The van der Waals surface area contributed by atoms with Gasteiger partial charge in [-0.25, -0.2) is 0 Å². The van der Waals surface area contributed by atoms with Crippen LogP contribution in [0.3, 0.4) is 0 Å². The predicted molar refractivity (Wildman–Crippen MR) is 92.7 cm³/mol. The first kappa shape index (κ1) is 18.3. The van der Waals surface area contributed by atoms with Crippen molar-refractivity contribution in [1.82, 2.24) is 15.5 Å². The number of hydrogen-bond donors (Lipinski definition) is 2.